The summed E-state index contributed by atoms with van der Waals surface area (Å²) in [7, 11) is 2.68. The largest absolute Gasteiger partial charge is 0.500 e. The maximum atomic E-state index is 11.9. The number of carbonyl (C=O) groups excluding carboxylic acids is 1. The summed E-state index contributed by atoms with van der Waals surface area (Å²) in [5.74, 6) is 1.26. The molecular weight excluding hydrogens is 480 g/mol. The minimum Gasteiger partial charge on any atom is -0.500 e. The number of esters is 1. The van der Waals surface area contributed by atoms with Gasteiger partial charge in [0.2, 0.25) is 11.6 Å². The molecule has 9 heteroatoms. The van der Waals surface area contributed by atoms with E-state index >= 15 is 0 Å². The van der Waals surface area contributed by atoms with Crippen molar-refractivity contribution in [1.29, 1.82) is 0 Å². The number of rotatable bonds is 8. The molecule has 0 spiro atoms. The molecule has 1 aliphatic carbocycles. The SMILES string of the molecule is CO/C=C(\Oc1cc(-c2noc(C3(Oc4ccc(Br)cc4)CC3)n2)ccc1C)C(=O)OC. The van der Waals surface area contributed by atoms with E-state index in [0.29, 0.717) is 23.0 Å². The Hall–Kier alpha value is -3.33. The summed E-state index contributed by atoms with van der Waals surface area (Å²) in [4.78, 5) is 16.5. The third-order valence-electron chi connectivity index (χ3n) is 4.92. The van der Waals surface area contributed by atoms with E-state index in [1.165, 1.54) is 20.5 Å². The fraction of sp³-hybridized carbons (Fsp3) is 0.261. The number of methoxy groups -OCH3 is 2. The first-order chi connectivity index (χ1) is 15.4. The molecule has 0 unspecified atom stereocenters. The first-order valence-corrected chi connectivity index (χ1v) is 10.6. The molecule has 8 nitrogen and oxygen atoms in total. The summed E-state index contributed by atoms with van der Waals surface area (Å²) in [5, 5.41) is 4.13. The van der Waals surface area contributed by atoms with E-state index in [1.807, 2.05) is 43.3 Å². The van der Waals surface area contributed by atoms with Gasteiger partial charge in [0, 0.05) is 22.9 Å². The van der Waals surface area contributed by atoms with Crippen molar-refractivity contribution in [3.8, 4) is 22.9 Å². The molecule has 0 atom stereocenters. The van der Waals surface area contributed by atoms with Gasteiger partial charge in [0.05, 0.1) is 14.2 Å². The van der Waals surface area contributed by atoms with Crippen LogP contribution in [0.25, 0.3) is 11.4 Å². The lowest BCUT2D eigenvalue weighted by Crippen LogP contribution is -2.16. The van der Waals surface area contributed by atoms with Crippen LogP contribution >= 0.6 is 15.9 Å². The smallest absolute Gasteiger partial charge is 0.377 e. The van der Waals surface area contributed by atoms with Crippen LogP contribution in [0.5, 0.6) is 11.5 Å². The number of benzene rings is 2. The van der Waals surface area contributed by atoms with Crippen LogP contribution in [0.1, 0.15) is 24.3 Å². The van der Waals surface area contributed by atoms with Gasteiger partial charge >= 0.3 is 5.97 Å². The summed E-state index contributed by atoms with van der Waals surface area (Å²) in [6.45, 7) is 1.85. The predicted octanol–water partition coefficient (Wildman–Crippen LogP) is 4.92. The van der Waals surface area contributed by atoms with Crippen LogP contribution in [-0.2, 0) is 19.9 Å². The third kappa shape index (κ3) is 4.62. The molecule has 0 bridgehead atoms. The Morgan fingerprint density at radius 3 is 2.56 bits per heavy atom. The number of nitrogens with zero attached hydrogens (tertiary/aromatic N) is 2. The quantitative estimate of drug-likeness (QED) is 0.244. The van der Waals surface area contributed by atoms with Crippen molar-refractivity contribution in [2.45, 2.75) is 25.4 Å². The van der Waals surface area contributed by atoms with Gasteiger partial charge in [-0.1, -0.05) is 33.2 Å². The molecule has 1 heterocycles. The highest BCUT2D eigenvalue weighted by Gasteiger charge is 2.52. The van der Waals surface area contributed by atoms with Crippen molar-refractivity contribution < 1.29 is 28.3 Å². The normalized spacial score (nSPS) is 14.6. The molecule has 0 N–H and O–H groups in total. The summed E-state index contributed by atoms with van der Waals surface area (Å²) in [6.07, 6.45) is 2.76. The Morgan fingerprint density at radius 2 is 1.91 bits per heavy atom. The number of hydrogen-bond donors (Lipinski definition) is 0. The van der Waals surface area contributed by atoms with E-state index in [-0.39, 0.29) is 5.76 Å². The van der Waals surface area contributed by atoms with Gasteiger partial charge in [-0.2, -0.15) is 4.98 Å². The van der Waals surface area contributed by atoms with Gasteiger partial charge in [-0.15, -0.1) is 0 Å². The number of ether oxygens (including phenoxy) is 4. The number of aryl methyl sites for hydroxylation is 1. The first-order valence-electron chi connectivity index (χ1n) is 9.83. The average molecular weight is 501 g/mol. The van der Waals surface area contributed by atoms with Gasteiger partial charge in [-0.25, -0.2) is 4.79 Å². The Bertz CT molecular complexity index is 1150. The Kier molecular flexibility index (Phi) is 6.18. The zero-order valence-corrected chi connectivity index (χ0v) is 19.3. The molecule has 0 aliphatic heterocycles. The van der Waals surface area contributed by atoms with E-state index < -0.39 is 11.6 Å². The second-order valence-corrected chi connectivity index (χ2v) is 8.18. The van der Waals surface area contributed by atoms with Crippen LogP contribution in [0.2, 0.25) is 0 Å². The number of aromatic nitrogens is 2. The van der Waals surface area contributed by atoms with Gasteiger partial charge < -0.3 is 23.5 Å². The van der Waals surface area contributed by atoms with E-state index in [9.17, 15) is 4.79 Å². The molecule has 1 aliphatic rings. The molecule has 0 saturated heterocycles. The van der Waals surface area contributed by atoms with Gasteiger partial charge in [0.15, 0.2) is 5.60 Å². The highest BCUT2D eigenvalue weighted by molar-refractivity contribution is 9.10. The topological polar surface area (TPSA) is 92.9 Å². The zero-order valence-electron chi connectivity index (χ0n) is 17.8. The lowest BCUT2D eigenvalue weighted by molar-refractivity contribution is -0.138. The van der Waals surface area contributed by atoms with Crippen molar-refractivity contribution in [2.75, 3.05) is 14.2 Å². The molecule has 2 aromatic carbocycles. The lowest BCUT2D eigenvalue weighted by Gasteiger charge is -2.13. The molecule has 1 fully saturated rings. The Morgan fingerprint density at radius 1 is 1.16 bits per heavy atom. The monoisotopic (exact) mass is 500 g/mol. The van der Waals surface area contributed by atoms with Crippen LogP contribution in [-0.4, -0.2) is 30.3 Å². The van der Waals surface area contributed by atoms with Crippen LogP contribution in [0, 0.1) is 6.92 Å². The zero-order chi connectivity index (χ0) is 22.7. The molecule has 0 radical (unpaired) electrons. The summed E-state index contributed by atoms with van der Waals surface area (Å²) >= 11 is 3.42. The van der Waals surface area contributed by atoms with Gasteiger partial charge in [-0.3, -0.25) is 0 Å². The molecule has 3 aromatic rings. The van der Waals surface area contributed by atoms with Gasteiger partial charge in [-0.05, 0) is 42.8 Å². The lowest BCUT2D eigenvalue weighted by atomic mass is 10.1. The molecule has 1 aromatic heterocycles. The molecular formula is C23H21BrN2O6. The highest BCUT2D eigenvalue weighted by Crippen LogP contribution is 2.49. The van der Waals surface area contributed by atoms with E-state index in [4.69, 9.17) is 23.5 Å². The van der Waals surface area contributed by atoms with Crippen molar-refractivity contribution in [2.24, 2.45) is 0 Å². The van der Waals surface area contributed by atoms with E-state index in [1.54, 1.807) is 6.07 Å². The molecule has 0 amide bonds. The minimum atomic E-state index is -0.653. The maximum absolute atomic E-state index is 11.9. The molecule has 1 saturated carbocycles. The fourth-order valence-corrected chi connectivity index (χ4v) is 3.28. The summed E-state index contributed by atoms with van der Waals surface area (Å²) in [5.41, 5.74) is 0.866. The first kappa shape index (κ1) is 21.9. The number of hydrogen-bond acceptors (Lipinski definition) is 8. The number of carbonyl (C=O) groups is 1. The molecule has 32 heavy (non-hydrogen) atoms. The van der Waals surface area contributed by atoms with Crippen molar-refractivity contribution in [3.05, 3.63) is 70.4 Å². The molecule has 166 valence electrons. The third-order valence-corrected chi connectivity index (χ3v) is 5.45. The van der Waals surface area contributed by atoms with Crippen molar-refractivity contribution in [3.63, 3.8) is 0 Å². The second-order valence-electron chi connectivity index (χ2n) is 7.27. The second kappa shape index (κ2) is 9.04. The standard InChI is InChI=1S/C23H21BrN2O6/c1-14-4-5-15(12-18(14)30-19(13-28-2)21(27)29-3)20-25-22(32-26-20)23(10-11-23)31-17-8-6-16(24)7-9-17/h4-9,12-13H,10-11H2,1-3H3/b19-13-. The maximum Gasteiger partial charge on any atom is 0.377 e. The summed E-state index contributed by atoms with van der Waals surface area (Å²) in [6, 6.07) is 13.0. The van der Waals surface area contributed by atoms with Crippen LogP contribution in [0.3, 0.4) is 0 Å². The minimum absolute atomic E-state index is 0.0797. The van der Waals surface area contributed by atoms with Gasteiger partial charge in [0.25, 0.3) is 5.89 Å². The summed E-state index contributed by atoms with van der Waals surface area (Å²) < 4.78 is 28.0. The van der Waals surface area contributed by atoms with Crippen LogP contribution in [0.15, 0.2) is 63.5 Å². The van der Waals surface area contributed by atoms with E-state index in [0.717, 1.165) is 28.6 Å². The Balaban J connectivity index is 1.56. The van der Waals surface area contributed by atoms with E-state index in [2.05, 4.69) is 26.1 Å². The highest BCUT2D eigenvalue weighted by atomic mass is 79.9. The van der Waals surface area contributed by atoms with Crippen molar-refractivity contribution >= 4 is 21.9 Å². The molecule has 4 rings (SSSR count). The van der Waals surface area contributed by atoms with Crippen molar-refractivity contribution in [1.82, 2.24) is 10.1 Å². The Labute approximate surface area is 193 Å². The average Bonchev–Trinajstić information content (AvgIpc) is 3.39. The predicted molar refractivity (Wildman–Crippen MR) is 118 cm³/mol. The van der Waals surface area contributed by atoms with Crippen LogP contribution < -0.4 is 9.47 Å². The van der Waals surface area contributed by atoms with Crippen LogP contribution in [0.4, 0.5) is 0 Å². The fourth-order valence-electron chi connectivity index (χ4n) is 3.02. The van der Waals surface area contributed by atoms with Gasteiger partial charge in [0.1, 0.15) is 17.8 Å². The number of halogens is 1.